The second kappa shape index (κ2) is 6.78. The molecule has 0 aliphatic carbocycles. The minimum Gasteiger partial charge on any atom is -0.497 e. The van der Waals surface area contributed by atoms with Gasteiger partial charge in [-0.3, -0.25) is 0 Å². The van der Waals surface area contributed by atoms with Gasteiger partial charge in [0.15, 0.2) is 0 Å². The Morgan fingerprint density at radius 1 is 1.26 bits per heavy atom. The highest BCUT2D eigenvalue weighted by Gasteiger charge is 2.26. The van der Waals surface area contributed by atoms with Crippen LogP contribution in [-0.2, 0) is 4.74 Å². The lowest BCUT2D eigenvalue weighted by atomic mass is 9.95. The van der Waals surface area contributed by atoms with E-state index in [4.69, 9.17) is 14.2 Å². The van der Waals surface area contributed by atoms with Gasteiger partial charge in [-0.1, -0.05) is 0 Å². The van der Waals surface area contributed by atoms with Gasteiger partial charge in [0.25, 0.3) is 0 Å². The summed E-state index contributed by atoms with van der Waals surface area (Å²) in [6.45, 7) is 5.36. The van der Waals surface area contributed by atoms with Crippen molar-refractivity contribution >= 4 is 0 Å². The van der Waals surface area contributed by atoms with Crippen LogP contribution >= 0.6 is 0 Å². The van der Waals surface area contributed by atoms with Gasteiger partial charge in [-0.2, -0.15) is 0 Å². The summed E-state index contributed by atoms with van der Waals surface area (Å²) in [6.07, 6.45) is 2.29. The monoisotopic (exact) mass is 265 g/mol. The Bertz CT molecular complexity index is 371. The van der Waals surface area contributed by atoms with E-state index >= 15 is 0 Å². The molecule has 106 valence electrons. The number of hydrogen-bond acceptors (Lipinski definition) is 4. The second-order valence-electron chi connectivity index (χ2n) is 5.17. The summed E-state index contributed by atoms with van der Waals surface area (Å²) in [5, 5.41) is 3.52. The molecule has 0 bridgehead atoms. The zero-order chi connectivity index (χ0) is 13.6. The Labute approximate surface area is 115 Å². The Morgan fingerprint density at radius 2 is 2.00 bits per heavy atom. The minimum absolute atomic E-state index is 0.0987. The van der Waals surface area contributed by atoms with Crippen molar-refractivity contribution < 1.29 is 14.2 Å². The molecular weight excluding hydrogens is 242 g/mol. The first-order valence-corrected chi connectivity index (χ1v) is 6.81. The average molecular weight is 265 g/mol. The van der Waals surface area contributed by atoms with Crippen molar-refractivity contribution in [1.82, 2.24) is 5.32 Å². The van der Waals surface area contributed by atoms with Crippen LogP contribution in [0.3, 0.4) is 0 Å². The molecule has 1 fully saturated rings. The zero-order valence-electron chi connectivity index (χ0n) is 11.8. The van der Waals surface area contributed by atoms with Crippen LogP contribution in [-0.4, -0.2) is 39.0 Å². The first-order chi connectivity index (χ1) is 9.22. The Hall–Kier alpha value is -1.26. The fourth-order valence-corrected chi connectivity index (χ4v) is 2.27. The van der Waals surface area contributed by atoms with Gasteiger partial charge in [0.2, 0.25) is 0 Å². The first kappa shape index (κ1) is 14.2. The van der Waals surface area contributed by atoms with Crippen LogP contribution in [0.4, 0.5) is 0 Å². The van der Waals surface area contributed by atoms with E-state index in [0.29, 0.717) is 6.61 Å². The maximum Gasteiger partial charge on any atom is 0.119 e. The molecule has 1 aromatic carbocycles. The third-order valence-electron chi connectivity index (χ3n) is 3.42. The molecule has 0 spiro atoms. The van der Waals surface area contributed by atoms with E-state index in [1.54, 1.807) is 7.11 Å². The molecule has 19 heavy (non-hydrogen) atoms. The van der Waals surface area contributed by atoms with Crippen LogP contribution in [0.15, 0.2) is 24.3 Å². The SMILES string of the molecule is COc1ccc(OCCNC2(C)CCCOC2)cc1. The Kier molecular flexibility index (Phi) is 5.05. The molecule has 0 amide bonds. The van der Waals surface area contributed by atoms with Crippen LogP contribution in [0.25, 0.3) is 0 Å². The maximum absolute atomic E-state index is 5.68. The largest absolute Gasteiger partial charge is 0.497 e. The van der Waals surface area contributed by atoms with Crippen molar-refractivity contribution in [3.8, 4) is 11.5 Å². The summed E-state index contributed by atoms with van der Waals surface area (Å²) in [5.41, 5.74) is 0.0987. The quantitative estimate of drug-likeness (QED) is 0.801. The van der Waals surface area contributed by atoms with Crippen molar-refractivity contribution in [1.29, 1.82) is 0 Å². The predicted octanol–water partition coefficient (Wildman–Crippen LogP) is 2.23. The number of benzene rings is 1. The lowest BCUT2D eigenvalue weighted by Gasteiger charge is -2.34. The van der Waals surface area contributed by atoms with Crippen molar-refractivity contribution in [2.75, 3.05) is 33.5 Å². The van der Waals surface area contributed by atoms with Gasteiger partial charge < -0.3 is 19.5 Å². The van der Waals surface area contributed by atoms with Crippen molar-refractivity contribution in [3.05, 3.63) is 24.3 Å². The van der Waals surface area contributed by atoms with Gasteiger partial charge in [-0.25, -0.2) is 0 Å². The highest BCUT2D eigenvalue weighted by molar-refractivity contribution is 5.31. The highest BCUT2D eigenvalue weighted by atomic mass is 16.5. The molecule has 1 aliphatic heterocycles. The molecule has 1 aliphatic rings. The van der Waals surface area contributed by atoms with Crippen molar-refractivity contribution in [2.24, 2.45) is 0 Å². The van der Waals surface area contributed by atoms with Crippen LogP contribution in [0.1, 0.15) is 19.8 Å². The highest BCUT2D eigenvalue weighted by Crippen LogP contribution is 2.18. The third kappa shape index (κ3) is 4.40. The molecule has 1 aromatic rings. The number of methoxy groups -OCH3 is 1. The van der Waals surface area contributed by atoms with E-state index in [1.165, 1.54) is 0 Å². The number of rotatable bonds is 6. The molecule has 4 nitrogen and oxygen atoms in total. The first-order valence-electron chi connectivity index (χ1n) is 6.81. The topological polar surface area (TPSA) is 39.7 Å². The smallest absolute Gasteiger partial charge is 0.119 e. The van der Waals surface area contributed by atoms with Gasteiger partial charge in [0.1, 0.15) is 18.1 Å². The fraction of sp³-hybridized carbons (Fsp3) is 0.600. The summed E-state index contributed by atoms with van der Waals surface area (Å²) in [7, 11) is 1.66. The average Bonchev–Trinajstić information content (AvgIpc) is 2.45. The summed E-state index contributed by atoms with van der Waals surface area (Å²) in [6, 6.07) is 7.65. The summed E-state index contributed by atoms with van der Waals surface area (Å²) >= 11 is 0. The van der Waals surface area contributed by atoms with Crippen LogP contribution in [0, 0.1) is 0 Å². The van der Waals surface area contributed by atoms with Crippen LogP contribution < -0.4 is 14.8 Å². The normalized spacial score (nSPS) is 23.1. The van der Waals surface area contributed by atoms with E-state index in [2.05, 4.69) is 12.2 Å². The molecular formula is C15H23NO3. The molecule has 0 radical (unpaired) electrons. The zero-order valence-corrected chi connectivity index (χ0v) is 11.8. The second-order valence-corrected chi connectivity index (χ2v) is 5.17. The molecule has 1 saturated heterocycles. The molecule has 2 rings (SSSR count). The van der Waals surface area contributed by atoms with E-state index in [-0.39, 0.29) is 5.54 Å². The molecule has 1 atom stereocenters. The third-order valence-corrected chi connectivity index (χ3v) is 3.42. The van der Waals surface area contributed by atoms with Gasteiger partial charge in [0.05, 0.1) is 13.7 Å². The predicted molar refractivity (Wildman–Crippen MR) is 74.9 cm³/mol. The van der Waals surface area contributed by atoms with Crippen LogP contribution in [0.2, 0.25) is 0 Å². The lowest BCUT2D eigenvalue weighted by Crippen LogP contribution is -2.50. The number of nitrogens with one attached hydrogen (secondary N) is 1. The van der Waals surface area contributed by atoms with E-state index in [9.17, 15) is 0 Å². The van der Waals surface area contributed by atoms with Gasteiger partial charge in [-0.05, 0) is 44.0 Å². The van der Waals surface area contributed by atoms with Gasteiger partial charge in [0, 0.05) is 18.7 Å². The molecule has 1 N–H and O–H groups in total. The van der Waals surface area contributed by atoms with Crippen molar-refractivity contribution in [2.45, 2.75) is 25.3 Å². The molecule has 0 saturated carbocycles. The maximum atomic E-state index is 5.68. The summed E-state index contributed by atoms with van der Waals surface area (Å²) < 4.78 is 16.3. The summed E-state index contributed by atoms with van der Waals surface area (Å²) in [5.74, 6) is 1.71. The molecule has 0 aromatic heterocycles. The number of hydrogen-bond donors (Lipinski definition) is 1. The van der Waals surface area contributed by atoms with E-state index in [0.717, 1.165) is 44.1 Å². The van der Waals surface area contributed by atoms with E-state index < -0.39 is 0 Å². The standard InChI is InChI=1S/C15H23NO3/c1-15(8-3-10-18-12-15)16-9-11-19-14-6-4-13(17-2)5-7-14/h4-7,16H,3,8-12H2,1-2H3. The minimum atomic E-state index is 0.0987. The Balaban J connectivity index is 1.68. The van der Waals surface area contributed by atoms with E-state index in [1.807, 2.05) is 24.3 Å². The molecule has 1 unspecified atom stereocenters. The molecule has 1 heterocycles. The Morgan fingerprint density at radius 3 is 2.63 bits per heavy atom. The number of ether oxygens (including phenoxy) is 3. The molecule has 4 heteroatoms. The van der Waals surface area contributed by atoms with Gasteiger partial charge >= 0.3 is 0 Å². The van der Waals surface area contributed by atoms with Crippen LogP contribution in [0.5, 0.6) is 11.5 Å². The lowest BCUT2D eigenvalue weighted by molar-refractivity contribution is 0.0273. The van der Waals surface area contributed by atoms with Gasteiger partial charge in [-0.15, -0.1) is 0 Å². The van der Waals surface area contributed by atoms with Crippen molar-refractivity contribution in [3.63, 3.8) is 0 Å². The fourth-order valence-electron chi connectivity index (χ4n) is 2.27. The summed E-state index contributed by atoms with van der Waals surface area (Å²) in [4.78, 5) is 0.